The monoisotopic (exact) mass is 479 g/mol. The number of halogens is 3. The maximum absolute atomic E-state index is 10.7. The third kappa shape index (κ3) is 4.16. The molecular formula is C14H16Br3N3O. The number of hydrogen-bond donors (Lipinski definition) is 1. The topological polar surface area (TPSA) is 41.3 Å². The highest BCUT2D eigenvalue weighted by Crippen LogP contribution is 2.33. The second-order valence-corrected chi connectivity index (χ2v) is 7.60. The van der Waals surface area contributed by atoms with E-state index in [0.29, 0.717) is 0 Å². The molecule has 0 aliphatic rings. The van der Waals surface area contributed by atoms with Crippen LogP contribution in [0.1, 0.15) is 17.4 Å². The predicted molar refractivity (Wildman–Crippen MR) is 94.4 cm³/mol. The zero-order valence-corrected chi connectivity index (χ0v) is 16.5. The second-order valence-electron chi connectivity index (χ2n) is 4.97. The number of hydrogen-bond acceptors (Lipinski definition) is 3. The maximum Gasteiger partial charge on any atom is 0.123 e. The lowest BCUT2D eigenvalue weighted by molar-refractivity contribution is 0.204. The number of rotatable bonds is 5. The van der Waals surface area contributed by atoms with Crippen molar-refractivity contribution in [2.45, 2.75) is 12.6 Å². The third-order valence-corrected chi connectivity index (χ3v) is 4.90. The van der Waals surface area contributed by atoms with Crippen molar-refractivity contribution in [3.63, 3.8) is 0 Å². The molecule has 0 radical (unpaired) electrons. The van der Waals surface area contributed by atoms with Gasteiger partial charge in [0, 0.05) is 21.1 Å². The fourth-order valence-corrected chi connectivity index (χ4v) is 3.76. The molecule has 2 rings (SSSR count). The van der Waals surface area contributed by atoms with E-state index in [1.54, 1.807) is 6.20 Å². The van der Waals surface area contributed by atoms with Crippen LogP contribution >= 0.6 is 47.8 Å². The van der Waals surface area contributed by atoms with E-state index in [1.807, 2.05) is 37.0 Å². The summed E-state index contributed by atoms with van der Waals surface area (Å²) in [6.07, 6.45) is 0.979. The molecule has 4 nitrogen and oxygen atoms in total. The molecule has 21 heavy (non-hydrogen) atoms. The van der Waals surface area contributed by atoms with Crippen molar-refractivity contribution in [1.29, 1.82) is 0 Å². The average Bonchev–Trinajstić information content (AvgIpc) is 2.77. The Hall–Kier alpha value is -0.210. The fourth-order valence-electron chi connectivity index (χ4n) is 1.99. The molecule has 1 N–H and O–H groups in total. The molecule has 1 atom stereocenters. The van der Waals surface area contributed by atoms with Crippen molar-refractivity contribution in [3.05, 3.63) is 49.1 Å². The highest BCUT2D eigenvalue weighted by molar-refractivity contribution is 9.11. The number of aliphatic hydroxyl groups is 1. The van der Waals surface area contributed by atoms with Crippen LogP contribution < -0.4 is 0 Å². The maximum atomic E-state index is 10.7. The van der Waals surface area contributed by atoms with E-state index in [9.17, 15) is 5.11 Å². The van der Waals surface area contributed by atoms with Gasteiger partial charge >= 0.3 is 0 Å². The average molecular weight is 482 g/mol. The molecule has 0 bridgehead atoms. The summed E-state index contributed by atoms with van der Waals surface area (Å²) in [6.45, 7) is 1.58. The fraction of sp³-hybridized carbons (Fsp3) is 0.357. The summed E-state index contributed by atoms with van der Waals surface area (Å²) >= 11 is 10.4. The van der Waals surface area contributed by atoms with Gasteiger partial charge in [-0.3, -0.25) is 4.68 Å². The molecule has 0 aliphatic carbocycles. The molecule has 0 fully saturated rings. The summed E-state index contributed by atoms with van der Waals surface area (Å²) in [4.78, 5) is 2.08. The summed E-state index contributed by atoms with van der Waals surface area (Å²) in [5, 5.41) is 15.1. The van der Waals surface area contributed by atoms with E-state index in [1.165, 1.54) is 0 Å². The van der Waals surface area contributed by atoms with Gasteiger partial charge in [0.2, 0.25) is 0 Å². The van der Waals surface area contributed by atoms with Gasteiger partial charge in [-0.2, -0.15) is 5.10 Å². The Morgan fingerprint density at radius 2 is 1.95 bits per heavy atom. The number of likely N-dealkylation sites (N-methyl/N-ethyl adjacent to an activating group) is 1. The normalized spacial score (nSPS) is 12.9. The van der Waals surface area contributed by atoms with Gasteiger partial charge in [0.25, 0.3) is 0 Å². The summed E-state index contributed by atoms with van der Waals surface area (Å²) in [5.41, 5.74) is 1.57. The van der Waals surface area contributed by atoms with E-state index in [2.05, 4.69) is 57.8 Å². The quantitative estimate of drug-likeness (QED) is 0.706. The standard InChI is InChI=1S/C14H16Br3N3O/c1-19(2)5-6-20-13(12(17)8-18-20)14(21)10-4-3-9(15)7-11(10)16/h3-4,7-8,14,21H,5-6H2,1-2H3. The smallest absolute Gasteiger partial charge is 0.123 e. The summed E-state index contributed by atoms with van der Waals surface area (Å²) in [5.74, 6) is 0. The largest absolute Gasteiger partial charge is 0.382 e. The zero-order valence-electron chi connectivity index (χ0n) is 11.7. The van der Waals surface area contributed by atoms with Gasteiger partial charge in [-0.05, 0) is 42.2 Å². The minimum Gasteiger partial charge on any atom is -0.382 e. The first-order valence-corrected chi connectivity index (χ1v) is 8.77. The second kappa shape index (κ2) is 7.37. The molecule has 0 spiro atoms. The highest BCUT2D eigenvalue weighted by Gasteiger charge is 2.21. The first kappa shape index (κ1) is 17.1. The van der Waals surface area contributed by atoms with Crippen LogP contribution in [0.3, 0.4) is 0 Å². The van der Waals surface area contributed by atoms with E-state index < -0.39 is 6.10 Å². The molecule has 1 heterocycles. The Morgan fingerprint density at radius 1 is 1.24 bits per heavy atom. The summed E-state index contributed by atoms with van der Waals surface area (Å²) < 4.78 is 4.47. The lowest BCUT2D eigenvalue weighted by Gasteiger charge is -2.17. The Balaban J connectivity index is 2.34. The van der Waals surface area contributed by atoms with E-state index >= 15 is 0 Å². The Kier molecular flexibility index (Phi) is 6.02. The molecule has 0 amide bonds. The van der Waals surface area contributed by atoms with E-state index in [0.717, 1.165) is 37.8 Å². The Labute approximate surface area is 149 Å². The molecule has 114 valence electrons. The van der Waals surface area contributed by atoms with Gasteiger partial charge in [0.1, 0.15) is 6.10 Å². The number of aromatic nitrogens is 2. The molecule has 7 heteroatoms. The van der Waals surface area contributed by atoms with Gasteiger partial charge in [-0.15, -0.1) is 0 Å². The van der Waals surface area contributed by atoms with Gasteiger partial charge in [0.15, 0.2) is 0 Å². The van der Waals surface area contributed by atoms with Crippen molar-refractivity contribution in [2.24, 2.45) is 0 Å². The molecule has 1 unspecified atom stereocenters. The first-order valence-electron chi connectivity index (χ1n) is 6.39. The Morgan fingerprint density at radius 3 is 2.57 bits per heavy atom. The van der Waals surface area contributed by atoms with Crippen LogP contribution in [-0.2, 0) is 6.54 Å². The molecule has 0 aliphatic heterocycles. The lowest BCUT2D eigenvalue weighted by atomic mass is 10.1. The summed E-state index contributed by atoms with van der Waals surface area (Å²) in [6, 6.07) is 5.74. The third-order valence-electron chi connectivity index (χ3n) is 3.11. The van der Waals surface area contributed by atoms with Crippen LogP contribution in [0, 0.1) is 0 Å². The van der Waals surface area contributed by atoms with Crippen LogP contribution in [0.5, 0.6) is 0 Å². The van der Waals surface area contributed by atoms with Crippen LogP contribution in [0.2, 0.25) is 0 Å². The minimum atomic E-state index is -0.744. The van der Waals surface area contributed by atoms with Crippen molar-refractivity contribution >= 4 is 47.8 Å². The zero-order chi connectivity index (χ0) is 15.6. The first-order chi connectivity index (χ1) is 9.90. The minimum absolute atomic E-state index is 0.721. The van der Waals surface area contributed by atoms with Crippen molar-refractivity contribution < 1.29 is 5.11 Å². The van der Waals surface area contributed by atoms with Crippen LogP contribution in [0.15, 0.2) is 37.8 Å². The van der Waals surface area contributed by atoms with Gasteiger partial charge in [-0.1, -0.05) is 37.9 Å². The molecule has 0 saturated heterocycles. The Bertz CT molecular complexity index is 628. The summed E-state index contributed by atoms with van der Waals surface area (Å²) in [7, 11) is 4.03. The number of nitrogens with zero attached hydrogens (tertiary/aromatic N) is 3. The molecular weight excluding hydrogens is 466 g/mol. The molecule has 0 saturated carbocycles. The van der Waals surface area contributed by atoms with Crippen molar-refractivity contribution in [3.8, 4) is 0 Å². The molecule has 1 aromatic heterocycles. The van der Waals surface area contributed by atoms with Crippen molar-refractivity contribution in [2.75, 3.05) is 20.6 Å². The molecule has 1 aromatic carbocycles. The number of benzene rings is 1. The van der Waals surface area contributed by atoms with Crippen LogP contribution in [0.25, 0.3) is 0 Å². The lowest BCUT2D eigenvalue weighted by Crippen LogP contribution is -2.21. The van der Waals surface area contributed by atoms with Crippen LogP contribution in [0.4, 0.5) is 0 Å². The number of aliphatic hydroxyl groups excluding tert-OH is 1. The highest BCUT2D eigenvalue weighted by atomic mass is 79.9. The molecule has 2 aromatic rings. The van der Waals surface area contributed by atoms with Gasteiger partial charge < -0.3 is 10.0 Å². The van der Waals surface area contributed by atoms with Gasteiger partial charge in [-0.25, -0.2) is 0 Å². The predicted octanol–water partition coefficient (Wildman–Crippen LogP) is 3.81. The van der Waals surface area contributed by atoms with E-state index in [4.69, 9.17) is 0 Å². The van der Waals surface area contributed by atoms with Crippen LogP contribution in [-0.4, -0.2) is 40.4 Å². The van der Waals surface area contributed by atoms with Gasteiger partial charge in [0.05, 0.1) is 22.9 Å². The van der Waals surface area contributed by atoms with E-state index in [-0.39, 0.29) is 0 Å². The SMILES string of the molecule is CN(C)CCn1ncc(Br)c1C(O)c1ccc(Br)cc1Br. The van der Waals surface area contributed by atoms with Crippen molar-refractivity contribution in [1.82, 2.24) is 14.7 Å².